The van der Waals surface area contributed by atoms with Gasteiger partial charge in [-0.1, -0.05) is 65.3 Å². The Morgan fingerprint density at radius 3 is 2.48 bits per heavy atom. The van der Waals surface area contributed by atoms with Crippen LogP contribution in [0.4, 0.5) is 0 Å². The third-order valence-electron chi connectivity index (χ3n) is 11.5. The van der Waals surface area contributed by atoms with Gasteiger partial charge in [-0.25, -0.2) is 0 Å². The van der Waals surface area contributed by atoms with Crippen LogP contribution < -0.4 is 0 Å². The lowest BCUT2D eigenvalue weighted by molar-refractivity contribution is -0.143. The van der Waals surface area contributed by atoms with Gasteiger partial charge in [0.05, 0.1) is 12.5 Å². The highest BCUT2D eigenvalue weighted by atomic mass is 16.4. The molecular weight excluding hydrogens is 408 g/mol. The van der Waals surface area contributed by atoms with Crippen molar-refractivity contribution >= 4 is 5.97 Å². The third-order valence-corrected chi connectivity index (χ3v) is 11.5. The van der Waals surface area contributed by atoms with Crippen LogP contribution in [-0.2, 0) is 4.79 Å². The molecule has 4 aliphatic rings. The Labute approximate surface area is 202 Å². The second-order valence-electron chi connectivity index (χ2n) is 13.2. The van der Waals surface area contributed by atoms with Crippen LogP contribution in [0.25, 0.3) is 0 Å². The lowest BCUT2D eigenvalue weighted by atomic mass is 9.42. The van der Waals surface area contributed by atoms with Gasteiger partial charge in [-0.2, -0.15) is 0 Å². The molecule has 0 heterocycles. The molecule has 0 radical (unpaired) electrons. The van der Waals surface area contributed by atoms with Crippen LogP contribution in [0.5, 0.6) is 0 Å². The zero-order valence-electron chi connectivity index (χ0n) is 21.9. The Kier molecular flexibility index (Phi) is 6.71. The van der Waals surface area contributed by atoms with Crippen molar-refractivity contribution in [2.45, 2.75) is 105 Å². The van der Waals surface area contributed by atoms with Crippen molar-refractivity contribution in [1.29, 1.82) is 0 Å². The Balaban J connectivity index is 1.70. The molecule has 0 aromatic rings. The first-order valence-corrected chi connectivity index (χ1v) is 13.7. The highest BCUT2D eigenvalue weighted by molar-refractivity contribution is 5.69. The van der Waals surface area contributed by atoms with E-state index in [4.69, 9.17) is 0 Å². The summed E-state index contributed by atoms with van der Waals surface area (Å²) in [4.78, 5) is 12.3. The van der Waals surface area contributed by atoms with E-state index in [1.165, 1.54) is 12.0 Å². The highest BCUT2D eigenvalue weighted by Crippen LogP contribution is 2.73. The Morgan fingerprint density at radius 1 is 1.09 bits per heavy atom. The molecule has 0 amide bonds. The largest absolute Gasteiger partial charge is 0.481 e. The number of hydrogen-bond acceptors (Lipinski definition) is 2. The number of aliphatic hydroxyl groups is 1. The van der Waals surface area contributed by atoms with Crippen LogP contribution in [0.1, 0.15) is 99.3 Å². The lowest BCUT2D eigenvalue weighted by Gasteiger charge is -2.62. The maximum absolute atomic E-state index is 12.3. The van der Waals surface area contributed by atoms with Crippen molar-refractivity contribution in [2.75, 3.05) is 0 Å². The summed E-state index contributed by atoms with van der Waals surface area (Å²) in [6.07, 6.45) is 15.8. The molecule has 9 atom stereocenters. The number of rotatable bonds is 6. The predicted octanol–water partition coefficient (Wildman–Crippen LogP) is 7.26. The number of carbonyl (C=O) groups is 1. The summed E-state index contributed by atoms with van der Waals surface area (Å²) < 4.78 is 0. The molecule has 3 fully saturated rings. The summed E-state index contributed by atoms with van der Waals surface area (Å²) in [5.74, 6) is 2.62. The number of aliphatic hydroxyl groups excluding tert-OH is 1. The van der Waals surface area contributed by atoms with Crippen molar-refractivity contribution in [3.63, 3.8) is 0 Å². The van der Waals surface area contributed by atoms with E-state index in [0.717, 1.165) is 44.9 Å². The molecule has 0 aromatic carbocycles. The first-order valence-electron chi connectivity index (χ1n) is 13.7. The van der Waals surface area contributed by atoms with Gasteiger partial charge < -0.3 is 10.2 Å². The molecule has 0 saturated heterocycles. The quantitative estimate of drug-likeness (QED) is 0.414. The third kappa shape index (κ3) is 3.95. The van der Waals surface area contributed by atoms with Crippen LogP contribution in [0, 0.1) is 51.8 Å². The second kappa shape index (κ2) is 8.85. The molecule has 33 heavy (non-hydrogen) atoms. The van der Waals surface area contributed by atoms with Crippen LogP contribution >= 0.6 is 0 Å². The van der Waals surface area contributed by atoms with Gasteiger partial charge >= 0.3 is 5.97 Å². The van der Waals surface area contributed by atoms with Gasteiger partial charge in [0.1, 0.15) is 0 Å². The van der Waals surface area contributed by atoms with E-state index >= 15 is 0 Å². The van der Waals surface area contributed by atoms with Gasteiger partial charge in [0.15, 0.2) is 0 Å². The molecule has 3 nitrogen and oxygen atoms in total. The van der Waals surface area contributed by atoms with Crippen molar-refractivity contribution < 1.29 is 15.0 Å². The van der Waals surface area contributed by atoms with E-state index in [-0.39, 0.29) is 28.8 Å². The van der Waals surface area contributed by atoms with E-state index in [2.05, 4.69) is 59.8 Å². The lowest BCUT2D eigenvalue weighted by Crippen LogP contribution is -2.55. The van der Waals surface area contributed by atoms with E-state index < -0.39 is 5.97 Å². The standard InChI is InChI=1S/C30H48O3/c1-19(2)20(3)7-8-21(4)24-13-16-30(18-27(32)33)26-10-9-22-17-23(31)11-14-28(22,5)25(26)12-15-29(24,30)6/h7-8,10,19-25,31H,9,11-18H2,1-6H3,(H,32,33)/b8-7+/t20-,21-,22+,23+,24-,25+,28+,29-,30-/m1/s1. The molecule has 2 N–H and O–H groups in total. The molecule has 4 rings (SSSR count). The van der Waals surface area contributed by atoms with Crippen LogP contribution in [0.2, 0.25) is 0 Å². The fourth-order valence-electron chi connectivity index (χ4n) is 8.91. The normalized spacial score (nSPS) is 44.7. The van der Waals surface area contributed by atoms with Gasteiger partial charge in [0.2, 0.25) is 0 Å². The van der Waals surface area contributed by atoms with E-state index in [9.17, 15) is 15.0 Å². The minimum atomic E-state index is -0.633. The van der Waals surface area contributed by atoms with E-state index in [0.29, 0.717) is 35.5 Å². The first kappa shape index (κ1) is 25.0. The molecule has 3 heteroatoms. The number of allylic oxidation sites excluding steroid dienone is 4. The van der Waals surface area contributed by atoms with Crippen LogP contribution in [-0.4, -0.2) is 22.3 Å². The molecule has 186 valence electrons. The van der Waals surface area contributed by atoms with Gasteiger partial charge in [-0.3, -0.25) is 4.79 Å². The molecular formula is C30H48O3. The molecule has 3 saturated carbocycles. The SMILES string of the molecule is CC(C)[C@H](C)/C=C/[C@@H](C)[C@H]1CC[C@@]2(CC(=O)O)C3=CC[C@H]4C[C@@H](O)CC[C@]4(C)[C@H]3CC[C@]12C. The molecule has 0 bridgehead atoms. The maximum Gasteiger partial charge on any atom is 0.304 e. The van der Waals surface area contributed by atoms with Gasteiger partial charge in [-0.05, 0) is 97.7 Å². The summed E-state index contributed by atoms with van der Waals surface area (Å²) in [5, 5.41) is 20.5. The minimum absolute atomic E-state index is 0.0376. The number of hydrogen-bond donors (Lipinski definition) is 2. The van der Waals surface area contributed by atoms with Gasteiger partial charge in [0.25, 0.3) is 0 Å². The fraction of sp³-hybridized carbons (Fsp3) is 0.833. The van der Waals surface area contributed by atoms with Crippen molar-refractivity contribution in [2.24, 2.45) is 51.8 Å². The number of aliphatic carboxylic acids is 1. The number of carboxylic acid groups (broad SMARTS) is 1. The van der Waals surface area contributed by atoms with E-state index in [1.807, 2.05) is 0 Å². The summed E-state index contributed by atoms with van der Waals surface area (Å²) in [6, 6.07) is 0. The maximum atomic E-state index is 12.3. The zero-order valence-corrected chi connectivity index (χ0v) is 21.9. The second-order valence-corrected chi connectivity index (χ2v) is 13.2. The summed E-state index contributed by atoms with van der Waals surface area (Å²) in [6.45, 7) is 14.1. The highest BCUT2D eigenvalue weighted by Gasteiger charge is 2.65. The number of carboxylic acids is 1. The zero-order chi connectivity index (χ0) is 24.2. The molecule has 0 aromatic heterocycles. The monoisotopic (exact) mass is 456 g/mol. The summed E-state index contributed by atoms with van der Waals surface area (Å²) >= 11 is 0. The topological polar surface area (TPSA) is 57.5 Å². The average molecular weight is 457 g/mol. The molecule has 0 unspecified atom stereocenters. The van der Waals surface area contributed by atoms with E-state index in [1.54, 1.807) is 0 Å². The minimum Gasteiger partial charge on any atom is -0.481 e. The Hall–Kier alpha value is -1.09. The van der Waals surface area contributed by atoms with Crippen molar-refractivity contribution in [1.82, 2.24) is 0 Å². The van der Waals surface area contributed by atoms with Crippen LogP contribution in [0.15, 0.2) is 23.8 Å². The first-order chi connectivity index (χ1) is 15.4. The molecule has 0 aliphatic heterocycles. The molecule has 0 spiro atoms. The van der Waals surface area contributed by atoms with Crippen LogP contribution in [0.3, 0.4) is 0 Å². The molecule has 4 aliphatic carbocycles. The smallest absolute Gasteiger partial charge is 0.304 e. The Bertz CT molecular complexity index is 811. The predicted molar refractivity (Wildman–Crippen MR) is 135 cm³/mol. The summed E-state index contributed by atoms with van der Waals surface area (Å²) in [7, 11) is 0. The van der Waals surface area contributed by atoms with Crippen molar-refractivity contribution in [3.8, 4) is 0 Å². The van der Waals surface area contributed by atoms with Gasteiger partial charge in [-0.15, -0.1) is 0 Å². The summed E-state index contributed by atoms with van der Waals surface area (Å²) in [5.41, 5.74) is 1.55. The fourth-order valence-corrected chi connectivity index (χ4v) is 8.91. The van der Waals surface area contributed by atoms with Crippen molar-refractivity contribution in [3.05, 3.63) is 23.8 Å². The van der Waals surface area contributed by atoms with Gasteiger partial charge in [0, 0.05) is 5.41 Å². The Morgan fingerprint density at radius 2 is 1.82 bits per heavy atom. The average Bonchev–Trinajstić information content (AvgIpc) is 3.04. The number of fused-ring (bicyclic) bond motifs is 5.